The fourth-order valence-corrected chi connectivity index (χ4v) is 13.5. The van der Waals surface area contributed by atoms with Crippen LogP contribution in [0, 0.1) is 45.8 Å². The van der Waals surface area contributed by atoms with Gasteiger partial charge in [-0.05, 0) is 142 Å². The third-order valence-corrected chi connectivity index (χ3v) is 17.1. The van der Waals surface area contributed by atoms with Crippen molar-refractivity contribution in [2.45, 2.75) is 147 Å². The number of aryl methyl sites for hydroxylation is 1. The fraction of sp³-hybridized carbons (Fsp3) is 0.723. The highest BCUT2D eigenvalue weighted by Crippen LogP contribution is 2.72. The fourth-order valence-electron chi connectivity index (χ4n) is 13.5. The van der Waals surface area contributed by atoms with Gasteiger partial charge in [-0.2, -0.15) is 0 Å². The van der Waals surface area contributed by atoms with Crippen LogP contribution < -0.4 is 11.1 Å². The van der Waals surface area contributed by atoms with Gasteiger partial charge in [-0.25, -0.2) is 0 Å². The number of aliphatic hydroxyl groups is 4. The number of allylic oxidation sites excluding steroid dienone is 3. The molecular formula is C47H68N2O7. The van der Waals surface area contributed by atoms with Crippen LogP contribution in [0.5, 0.6) is 0 Å². The first kappa shape index (κ1) is 40.3. The lowest BCUT2D eigenvalue weighted by molar-refractivity contribution is -0.201. The largest absolute Gasteiger partial charge is 0.396 e. The van der Waals surface area contributed by atoms with Gasteiger partial charge in [-0.1, -0.05) is 64.1 Å². The average Bonchev–Trinajstić information content (AvgIpc) is 3.94. The number of hydrogen-bond donors (Lipinski definition) is 6. The van der Waals surface area contributed by atoms with E-state index in [0.717, 1.165) is 56.1 Å². The summed E-state index contributed by atoms with van der Waals surface area (Å²) in [6, 6.07) is 10.6. The molecule has 7 N–H and O–H groups in total. The molecule has 1 aromatic carbocycles. The molecule has 308 valence electrons. The number of hydrogen-bond acceptors (Lipinski definition) is 9. The number of aliphatic hydroxyl groups excluding tert-OH is 2. The molecule has 5 fully saturated rings. The Hall–Kier alpha value is -2.53. The van der Waals surface area contributed by atoms with Gasteiger partial charge in [0.15, 0.2) is 5.78 Å². The maximum atomic E-state index is 14.2. The second kappa shape index (κ2) is 14.3. The van der Waals surface area contributed by atoms with E-state index in [1.54, 1.807) is 0 Å². The van der Waals surface area contributed by atoms with E-state index < -0.39 is 45.9 Å². The van der Waals surface area contributed by atoms with Crippen molar-refractivity contribution in [3.8, 4) is 0 Å². The standard InChI is InChI=1S/C47H68N2O7/c1-29-17-22-55-46(26-29,41-40(56-41)45(5,53)42(2,28-50)18-13-31-16-21-49-38(48)23-31)37-15-20-47(54)35-25-36(52)34-24-33(51)14-19-43(34,3)39(35)32(27-44(37,47)4)12-11-30-9-7-6-8-10-30/h6-10,16,23,25,29,32-34,37,39-41,49-51,53-54H,11-15,17-22,24,26-28,48H2,1-5H3. The van der Waals surface area contributed by atoms with E-state index in [2.05, 4.69) is 62.5 Å². The maximum Gasteiger partial charge on any atom is 0.159 e. The summed E-state index contributed by atoms with van der Waals surface area (Å²) < 4.78 is 13.9. The third-order valence-electron chi connectivity index (χ3n) is 17.1. The molecule has 0 amide bonds. The zero-order valence-electron chi connectivity index (χ0n) is 34.4. The molecule has 0 bridgehead atoms. The average molecular weight is 773 g/mol. The van der Waals surface area contributed by atoms with E-state index in [1.165, 1.54) is 5.56 Å². The van der Waals surface area contributed by atoms with Gasteiger partial charge >= 0.3 is 0 Å². The topological polar surface area (TPSA) is 158 Å². The summed E-state index contributed by atoms with van der Waals surface area (Å²) >= 11 is 0. The molecule has 3 saturated carbocycles. The van der Waals surface area contributed by atoms with E-state index >= 15 is 0 Å². The normalized spacial score (nSPS) is 44.1. The van der Waals surface area contributed by atoms with Crippen molar-refractivity contribution in [2.24, 2.45) is 51.6 Å². The van der Waals surface area contributed by atoms with Gasteiger partial charge in [0.1, 0.15) is 17.8 Å². The molecule has 56 heavy (non-hydrogen) atoms. The zero-order valence-corrected chi connectivity index (χ0v) is 34.4. The number of ketones is 1. The molecule has 0 radical (unpaired) electrons. The van der Waals surface area contributed by atoms with Crippen molar-refractivity contribution in [3.05, 3.63) is 71.1 Å². The number of benzene rings is 1. The lowest BCUT2D eigenvalue weighted by atomic mass is 9.42. The molecule has 7 aliphatic rings. The molecule has 14 atom stereocenters. The van der Waals surface area contributed by atoms with E-state index in [9.17, 15) is 25.2 Å². The molecular weight excluding hydrogens is 705 g/mol. The second-order valence-electron chi connectivity index (χ2n) is 20.3. The van der Waals surface area contributed by atoms with Crippen molar-refractivity contribution in [1.82, 2.24) is 5.32 Å². The Bertz CT molecular complexity index is 1760. The van der Waals surface area contributed by atoms with Gasteiger partial charge in [0.05, 0.1) is 29.7 Å². The Kier molecular flexibility index (Phi) is 10.3. The first-order valence-corrected chi connectivity index (χ1v) is 21.7. The Balaban J connectivity index is 1.15. The summed E-state index contributed by atoms with van der Waals surface area (Å²) in [5.74, 6) is 0.955. The number of dihydropyridines is 1. The number of ether oxygens (including phenoxy) is 2. The van der Waals surface area contributed by atoms with E-state index in [4.69, 9.17) is 15.2 Å². The number of epoxide rings is 1. The number of nitrogens with two attached hydrogens (primary N) is 1. The first-order valence-electron chi connectivity index (χ1n) is 21.7. The van der Waals surface area contributed by atoms with Crippen molar-refractivity contribution >= 4 is 5.78 Å². The number of fused-ring (bicyclic) bond motifs is 5. The first-order chi connectivity index (χ1) is 26.5. The van der Waals surface area contributed by atoms with Crippen LogP contribution in [0.4, 0.5) is 0 Å². The molecule has 1 aromatic rings. The Labute approximate surface area is 334 Å². The highest BCUT2D eigenvalue weighted by Gasteiger charge is 2.76. The predicted molar refractivity (Wildman–Crippen MR) is 216 cm³/mol. The SMILES string of the molecule is CC1CCOC(C2OC2C(C)(O)C(C)(CO)CCC2=CCNC(N)=C2)(C2CCC3(O)C4=CC(=O)C5CC(O)CCC5(C)C4C(CCc4ccccc4)CC23C)C1. The smallest absolute Gasteiger partial charge is 0.159 e. The van der Waals surface area contributed by atoms with Gasteiger partial charge in [0, 0.05) is 29.9 Å². The Morgan fingerprint density at radius 2 is 1.80 bits per heavy atom. The van der Waals surface area contributed by atoms with Gasteiger partial charge in [0.2, 0.25) is 0 Å². The van der Waals surface area contributed by atoms with Crippen LogP contribution in [-0.2, 0) is 20.7 Å². The number of nitrogens with one attached hydrogen (secondary N) is 1. The van der Waals surface area contributed by atoms with Crippen LogP contribution in [0.15, 0.2) is 65.5 Å². The number of rotatable bonds is 11. The van der Waals surface area contributed by atoms with Crippen molar-refractivity contribution in [3.63, 3.8) is 0 Å². The minimum atomic E-state index is -1.37. The van der Waals surface area contributed by atoms with Crippen molar-refractivity contribution in [1.29, 1.82) is 0 Å². The molecule has 8 rings (SSSR count). The molecule has 2 saturated heterocycles. The lowest BCUT2D eigenvalue weighted by Gasteiger charge is -2.63. The third kappa shape index (κ3) is 6.28. The summed E-state index contributed by atoms with van der Waals surface area (Å²) in [6.07, 6.45) is 13.2. The predicted octanol–water partition coefficient (Wildman–Crippen LogP) is 5.89. The minimum absolute atomic E-state index is 0.0385. The Morgan fingerprint density at radius 3 is 2.52 bits per heavy atom. The summed E-state index contributed by atoms with van der Waals surface area (Å²) in [5, 5.41) is 50.8. The van der Waals surface area contributed by atoms with Crippen molar-refractivity contribution < 1.29 is 34.7 Å². The van der Waals surface area contributed by atoms with E-state index in [-0.39, 0.29) is 41.5 Å². The molecule has 0 aromatic heterocycles. The molecule has 0 spiro atoms. The molecule has 9 heteroatoms. The van der Waals surface area contributed by atoms with Crippen LogP contribution >= 0.6 is 0 Å². The summed E-state index contributed by atoms with van der Waals surface area (Å²) in [5.41, 5.74) is 4.20. The highest BCUT2D eigenvalue weighted by atomic mass is 16.6. The van der Waals surface area contributed by atoms with Gasteiger partial charge in [-0.15, -0.1) is 0 Å². The van der Waals surface area contributed by atoms with E-state index in [0.29, 0.717) is 57.0 Å². The molecule has 3 heterocycles. The van der Waals surface area contributed by atoms with Crippen LogP contribution in [0.1, 0.15) is 111 Å². The Morgan fingerprint density at radius 1 is 1.04 bits per heavy atom. The van der Waals surface area contributed by atoms with Crippen LogP contribution in [0.25, 0.3) is 0 Å². The monoisotopic (exact) mass is 773 g/mol. The second-order valence-corrected chi connectivity index (χ2v) is 20.3. The number of carbonyl (C=O) groups excluding carboxylic acids is 1. The van der Waals surface area contributed by atoms with E-state index in [1.807, 2.05) is 26.0 Å². The van der Waals surface area contributed by atoms with Crippen molar-refractivity contribution in [2.75, 3.05) is 19.8 Å². The minimum Gasteiger partial charge on any atom is -0.396 e. The lowest BCUT2D eigenvalue weighted by Crippen LogP contribution is -2.65. The van der Waals surface area contributed by atoms with Gasteiger partial charge in [-0.3, -0.25) is 4.79 Å². The van der Waals surface area contributed by atoms with Gasteiger partial charge in [0.25, 0.3) is 0 Å². The van der Waals surface area contributed by atoms with Crippen LogP contribution in [0.2, 0.25) is 0 Å². The maximum absolute atomic E-state index is 14.2. The quantitative estimate of drug-likeness (QED) is 0.151. The summed E-state index contributed by atoms with van der Waals surface area (Å²) in [7, 11) is 0. The summed E-state index contributed by atoms with van der Waals surface area (Å²) in [4.78, 5) is 14.2. The summed E-state index contributed by atoms with van der Waals surface area (Å²) in [6.45, 7) is 11.6. The molecule has 4 aliphatic carbocycles. The highest BCUT2D eigenvalue weighted by molar-refractivity contribution is 5.95. The number of carbonyl (C=O) groups is 1. The molecule has 9 nitrogen and oxygen atoms in total. The zero-order chi connectivity index (χ0) is 39.9. The van der Waals surface area contributed by atoms with Crippen LogP contribution in [-0.4, -0.2) is 81.1 Å². The van der Waals surface area contributed by atoms with Gasteiger partial charge < -0.3 is 41.0 Å². The molecule has 3 aliphatic heterocycles. The molecule has 14 unspecified atom stereocenters. The van der Waals surface area contributed by atoms with Crippen LogP contribution in [0.3, 0.4) is 0 Å².